The Kier molecular flexibility index (Phi) is 6.66. The maximum Gasteiger partial charge on any atom is 0.288 e. The number of rotatable bonds is 8. The zero-order chi connectivity index (χ0) is 19.2. The van der Waals surface area contributed by atoms with Gasteiger partial charge in [0.1, 0.15) is 10.8 Å². The molecule has 0 saturated carbocycles. The number of methoxy groups -OCH3 is 1. The average molecular weight is 390 g/mol. The smallest absolute Gasteiger partial charge is 0.288 e. The average Bonchev–Trinajstić information content (AvgIpc) is 3.20. The van der Waals surface area contributed by atoms with E-state index in [2.05, 4.69) is 22.3 Å². The molecule has 0 aromatic heterocycles. The Morgan fingerprint density at radius 2 is 2.04 bits per heavy atom. The molecule has 6 nitrogen and oxygen atoms in total. The molecule has 1 aliphatic heterocycles. The summed E-state index contributed by atoms with van der Waals surface area (Å²) in [6.07, 6.45) is 2.42. The fourth-order valence-corrected chi connectivity index (χ4v) is 3.71. The maximum atomic E-state index is 11.1. The Morgan fingerprint density at radius 3 is 2.74 bits per heavy atom. The Labute approximate surface area is 164 Å². The van der Waals surface area contributed by atoms with E-state index in [1.54, 1.807) is 13.2 Å². The summed E-state index contributed by atoms with van der Waals surface area (Å²) in [4.78, 5) is 13.1. The van der Waals surface area contributed by atoms with Gasteiger partial charge in [-0.15, -0.1) is 0 Å². The molecule has 1 saturated heterocycles. The van der Waals surface area contributed by atoms with Crippen LogP contribution in [0.3, 0.4) is 0 Å². The lowest BCUT2D eigenvalue weighted by Crippen LogP contribution is -2.34. The van der Waals surface area contributed by atoms with E-state index >= 15 is 0 Å². The quantitative estimate of drug-likeness (QED) is 0.541. The van der Waals surface area contributed by atoms with Crippen LogP contribution >= 0.6 is 11.6 Å². The first-order chi connectivity index (χ1) is 13.1. The fourth-order valence-electron chi connectivity index (χ4n) is 3.52. The number of halogens is 1. The molecule has 1 unspecified atom stereocenters. The summed E-state index contributed by atoms with van der Waals surface area (Å²) in [6.45, 7) is 3.46. The SMILES string of the molecule is COc1cccc(C(CNCc2ccc(Cl)c([N+](=O)[O-])c2)N2CCCC2)c1. The van der Waals surface area contributed by atoms with Crippen LogP contribution in [0.15, 0.2) is 42.5 Å². The summed E-state index contributed by atoms with van der Waals surface area (Å²) in [5.41, 5.74) is 2.00. The third kappa shape index (κ3) is 4.97. The van der Waals surface area contributed by atoms with Crippen LogP contribution in [-0.4, -0.2) is 36.6 Å². The molecule has 3 rings (SSSR count). The molecular formula is C20H24ClN3O3. The van der Waals surface area contributed by atoms with Crippen molar-refractivity contribution in [1.29, 1.82) is 0 Å². The standard InChI is InChI=1S/C20H24ClN3O3/c1-27-17-6-4-5-16(12-17)20(23-9-2-3-10-23)14-22-13-15-7-8-18(21)19(11-15)24(25)26/h4-8,11-12,20,22H,2-3,9-10,13-14H2,1H3. The molecular weight excluding hydrogens is 366 g/mol. The van der Waals surface area contributed by atoms with Gasteiger partial charge < -0.3 is 10.1 Å². The van der Waals surface area contributed by atoms with Gasteiger partial charge in [0.15, 0.2) is 0 Å². The molecule has 2 aromatic rings. The van der Waals surface area contributed by atoms with Crippen molar-refractivity contribution >= 4 is 17.3 Å². The number of nitrogens with one attached hydrogen (secondary N) is 1. The number of hydrogen-bond donors (Lipinski definition) is 1. The molecule has 1 N–H and O–H groups in total. The van der Waals surface area contributed by atoms with Gasteiger partial charge in [0.05, 0.1) is 12.0 Å². The Bertz CT molecular complexity index is 794. The van der Waals surface area contributed by atoms with Crippen LogP contribution in [0, 0.1) is 10.1 Å². The van der Waals surface area contributed by atoms with Gasteiger partial charge in [-0.05, 0) is 55.3 Å². The van der Waals surface area contributed by atoms with E-state index in [9.17, 15) is 10.1 Å². The van der Waals surface area contributed by atoms with Crippen molar-refractivity contribution in [1.82, 2.24) is 10.2 Å². The van der Waals surface area contributed by atoms with Crippen LogP contribution in [0.4, 0.5) is 5.69 Å². The van der Waals surface area contributed by atoms with Gasteiger partial charge in [-0.3, -0.25) is 15.0 Å². The van der Waals surface area contributed by atoms with Gasteiger partial charge in [-0.2, -0.15) is 0 Å². The van der Waals surface area contributed by atoms with Crippen molar-refractivity contribution in [3.63, 3.8) is 0 Å². The number of benzene rings is 2. The van der Waals surface area contributed by atoms with E-state index in [-0.39, 0.29) is 16.8 Å². The van der Waals surface area contributed by atoms with Crippen LogP contribution < -0.4 is 10.1 Å². The first-order valence-corrected chi connectivity index (χ1v) is 9.48. The van der Waals surface area contributed by atoms with Crippen molar-refractivity contribution in [2.45, 2.75) is 25.4 Å². The van der Waals surface area contributed by atoms with Crippen LogP contribution in [-0.2, 0) is 6.54 Å². The molecule has 0 amide bonds. The molecule has 7 heteroatoms. The molecule has 0 spiro atoms. The number of likely N-dealkylation sites (tertiary alicyclic amines) is 1. The predicted molar refractivity (Wildman–Crippen MR) is 106 cm³/mol. The topological polar surface area (TPSA) is 67.6 Å². The second-order valence-electron chi connectivity index (χ2n) is 6.71. The van der Waals surface area contributed by atoms with Gasteiger partial charge in [-0.25, -0.2) is 0 Å². The summed E-state index contributed by atoms with van der Waals surface area (Å²) in [6, 6.07) is 13.3. The van der Waals surface area contributed by atoms with Crippen LogP contribution in [0.25, 0.3) is 0 Å². The molecule has 1 aliphatic rings. The minimum atomic E-state index is -0.449. The molecule has 1 fully saturated rings. The lowest BCUT2D eigenvalue weighted by Gasteiger charge is -2.28. The molecule has 0 aliphatic carbocycles. The molecule has 144 valence electrons. The van der Waals surface area contributed by atoms with Gasteiger partial charge >= 0.3 is 0 Å². The third-order valence-corrected chi connectivity index (χ3v) is 5.25. The van der Waals surface area contributed by atoms with Crippen molar-refractivity contribution in [2.24, 2.45) is 0 Å². The predicted octanol–water partition coefficient (Wildman–Crippen LogP) is 4.18. The van der Waals surface area contributed by atoms with Crippen LogP contribution in [0.1, 0.15) is 30.0 Å². The zero-order valence-electron chi connectivity index (χ0n) is 15.4. The fraction of sp³-hybridized carbons (Fsp3) is 0.400. The molecule has 0 bridgehead atoms. The van der Waals surface area contributed by atoms with E-state index in [1.807, 2.05) is 18.2 Å². The molecule has 0 radical (unpaired) electrons. The third-order valence-electron chi connectivity index (χ3n) is 4.93. The van der Waals surface area contributed by atoms with E-state index in [1.165, 1.54) is 24.5 Å². The minimum Gasteiger partial charge on any atom is -0.497 e. The van der Waals surface area contributed by atoms with Gasteiger partial charge in [0.2, 0.25) is 0 Å². The summed E-state index contributed by atoms with van der Waals surface area (Å²) < 4.78 is 5.37. The summed E-state index contributed by atoms with van der Waals surface area (Å²) >= 11 is 5.89. The van der Waals surface area contributed by atoms with Gasteiger partial charge in [0.25, 0.3) is 5.69 Å². The summed E-state index contributed by atoms with van der Waals surface area (Å²) in [7, 11) is 1.68. The number of nitro groups is 1. The molecule has 27 heavy (non-hydrogen) atoms. The van der Waals surface area contributed by atoms with Crippen molar-refractivity contribution in [3.05, 3.63) is 68.7 Å². The first kappa shape index (κ1) is 19.6. The highest BCUT2D eigenvalue weighted by Crippen LogP contribution is 2.28. The van der Waals surface area contributed by atoms with Crippen molar-refractivity contribution in [3.8, 4) is 5.75 Å². The number of ether oxygens (including phenoxy) is 1. The largest absolute Gasteiger partial charge is 0.497 e. The lowest BCUT2D eigenvalue weighted by molar-refractivity contribution is -0.384. The molecule has 1 heterocycles. The second kappa shape index (κ2) is 9.17. The number of nitro benzene ring substituents is 1. The van der Waals surface area contributed by atoms with E-state index in [0.29, 0.717) is 6.54 Å². The summed E-state index contributed by atoms with van der Waals surface area (Å²) in [5.74, 6) is 0.852. The minimum absolute atomic E-state index is 0.0557. The molecule has 1 atom stereocenters. The van der Waals surface area contributed by atoms with Gasteiger partial charge in [-0.1, -0.05) is 29.8 Å². The van der Waals surface area contributed by atoms with Crippen molar-refractivity contribution < 1.29 is 9.66 Å². The second-order valence-corrected chi connectivity index (χ2v) is 7.12. The highest BCUT2D eigenvalue weighted by molar-refractivity contribution is 6.32. The molecule has 2 aromatic carbocycles. The van der Waals surface area contributed by atoms with Crippen LogP contribution in [0.2, 0.25) is 5.02 Å². The highest BCUT2D eigenvalue weighted by Gasteiger charge is 2.23. The van der Waals surface area contributed by atoms with E-state index < -0.39 is 4.92 Å². The normalized spacial score (nSPS) is 15.6. The highest BCUT2D eigenvalue weighted by atomic mass is 35.5. The Morgan fingerprint density at radius 1 is 1.26 bits per heavy atom. The summed E-state index contributed by atoms with van der Waals surface area (Å²) in [5, 5.41) is 14.7. The number of nitrogens with zero attached hydrogens (tertiary/aromatic N) is 2. The Balaban J connectivity index is 1.70. The van der Waals surface area contributed by atoms with Crippen LogP contribution in [0.5, 0.6) is 5.75 Å². The van der Waals surface area contributed by atoms with E-state index in [4.69, 9.17) is 16.3 Å². The zero-order valence-corrected chi connectivity index (χ0v) is 16.1. The lowest BCUT2D eigenvalue weighted by atomic mass is 10.0. The van der Waals surface area contributed by atoms with Crippen molar-refractivity contribution in [2.75, 3.05) is 26.7 Å². The number of hydrogen-bond acceptors (Lipinski definition) is 5. The van der Waals surface area contributed by atoms with Gasteiger partial charge in [0, 0.05) is 25.2 Å². The maximum absolute atomic E-state index is 11.1. The first-order valence-electron chi connectivity index (χ1n) is 9.10. The Hall–Kier alpha value is -2.15. The monoisotopic (exact) mass is 389 g/mol. The van der Waals surface area contributed by atoms with E-state index in [0.717, 1.165) is 30.9 Å².